The fourth-order valence-electron chi connectivity index (χ4n) is 1.63. The monoisotopic (exact) mass is 262 g/mol. The van der Waals surface area contributed by atoms with Gasteiger partial charge in [-0.1, -0.05) is 18.1 Å². The van der Waals surface area contributed by atoms with Gasteiger partial charge in [0, 0.05) is 18.5 Å². The lowest BCUT2D eigenvalue weighted by atomic mass is 10.1. The normalized spacial score (nSPS) is 12.4. The van der Waals surface area contributed by atoms with E-state index in [1.807, 2.05) is 13.8 Å². The summed E-state index contributed by atoms with van der Waals surface area (Å²) < 4.78 is 5.10. The Morgan fingerprint density at radius 3 is 2.89 bits per heavy atom. The largest absolute Gasteiger partial charge is 0.334 e. The summed E-state index contributed by atoms with van der Waals surface area (Å²) >= 11 is 0. The number of rotatable bonds is 4. The average Bonchev–Trinajstić information content (AvgIpc) is 2.86. The van der Waals surface area contributed by atoms with Gasteiger partial charge in [0.25, 0.3) is 11.6 Å². The molecule has 1 unspecified atom stereocenters. The summed E-state index contributed by atoms with van der Waals surface area (Å²) in [4.78, 5) is 14.7. The third-order valence-electron chi connectivity index (χ3n) is 2.82. The third-order valence-corrected chi connectivity index (χ3v) is 2.82. The van der Waals surface area contributed by atoms with Gasteiger partial charge in [0.1, 0.15) is 5.56 Å². The molecule has 2 rings (SSSR count). The molecular formula is C12H14N4O3. The molecule has 1 atom stereocenters. The summed E-state index contributed by atoms with van der Waals surface area (Å²) in [6.45, 7) is 4.08. The van der Waals surface area contributed by atoms with Gasteiger partial charge in [-0.2, -0.15) is 4.98 Å². The van der Waals surface area contributed by atoms with Crippen LogP contribution in [-0.4, -0.2) is 21.6 Å². The molecule has 7 nitrogen and oxygen atoms in total. The van der Waals surface area contributed by atoms with Crippen LogP contribution in [0.5, 0.6) is 0 Å². The summed E-state index contributed by atoms with van der Waals surface area (Å²) in [5, 5.41) is 14.8. The van der Waals surface area contributed by atoms with Crippen molar-refractivity contribution in [3.63, 3.8) is 0 Å². The van der Waals surface area contributed by atoms with Gasteiger partial charge in [-0.05, 0) is 18.6 Å². The van der Waals surface area contributed by atoms with Crippen LogP contribution in [0.15, 0.2) is 22.7 Å². The molecule has 0 saturated carbocycles. The van der Waals surface area contributed by atoms with E-state index in [1.165, 1.54) is 6.07 Å². The van der Waals surface area contributed by atoms with Gasteiger partial charge in [0.2, 0.25) is 0 Å². The number of nitro benzene ring substituents is 1. The Morgan fingerprint density at radius 2 is 2.26 bits per heavy atom. The van der Waals surface area contributed by atoms with Crippen LogP contribution in [0.4, 0.5) is 5.69 Å². The predicted molar refractivity (Wildman–Crippen MR) is 68.6 cm³/mol. The van der Waals surface area contributed by atoms with Gasteiger partial charge in [0.05, 0.1) is 4.92 Å². The van der Waals surface area contributed by atoms with Gasteiger partial charge in [-0.25, -0.2) is 0 Å². The van der Waals surface area contributed by atoms with E-state index in [0.29, 0.717) is 17.9 Å². The molecule has 0 radical (unpaired) electrons. The van der Waals surface area contributed by atoms with Gasteiger partial charge in [0.15, 0.2) is 5.82 Å². The Morgan fingerprint density at radius 1 is 1.53 bits per heavy atom. The Kier molecular flexibility index (Phi) is 3.57. The number of hydrogen-bond acceptors (Lipinski definition) is 6. The highest BCUT2D eigenvalue weighted by Crippen LogP contribution is 2.30. The molecule has 0 aliphatic heterocycles. The smallest absolute Gasteiger partial charge is 0.282 e. The molecule has 0 saturated heterocycles. The molecule has 19 heavy (non-hydrogen) atoms. The highest BCUT2D eigenvalue weighted by Gasteiger charge is 2.21. The van der Waals surface area contributed by atoms with Crippen LogP contribution in [-0.2, 0) is 0 Å². The molecule has 0 aliphatic carbocycles. The van der Waals surface area contributed by atoms with Crippen LogP contribution in [0.2, 0.25) is 0 Å². The van der Waals surface area contributed by atoms with Crippen molar-refractivity contribution in [1.82, 2.24) is 10.1 Å². The second kappa shape index (κ2) is 5.15. The number of hydrogen-bond donors (Lipinski definition) is 1. The predicted octanol–water partition coefficient (Wildman–Crippen LogP) is 2.02. The SMILES string of the molecule is Cc1ccc([N+](=O)[O-])c(-c2nc(C(C)CN)no2)c1. The Labute approximate surface area is 109 Å². The topological polar surface area (TPSA) is 108 Å². The van der Waals surface area contributed by atoms with E-state index in [4.69, 9.17) is 10.3 Å². The number of benzene rings is 1. The van der Waals surface area contributed by atoms with Crippen molar-refractivity contribution in [3.05, 3.63) is 39.7 Å². The molecule has 0 amide bonds. The maximum Gasteiger partial charge on any atom is 0.282 e. The molecule has 100 valence electrons. The van der Waals surface area contributed by atoms with Crippen molar-refractivity contribution in [2.24, 2.45) is 5.73 Å². The summed E-state index contributed by atoms with van der Waals surface area (Å²) in [7, 11) is 0. The maximum atomic E-state index is 11.0. The fourth-order valence-corrected chi connectivity index (χ4v) is 1.63. The first kappa shape index (κ1) is 13.2. The zero-order chi connectivity index (χ0) is 14.0. The molecule has 0 aliphatic rings. The summed E-state index contributed by atoms with van der Waals surface area (Å²) in [6.07, 6.45) is 0. The van der Waals surface area contributed by atoms with Gasteiger partial charge >= 0.3 is 0 Å². The van der Waals surface area contributed by atoms with E-state index in [-0.39, 0.29) is 17.5 Å². The zero-order valence-electron chi connectivity index (χ0n) is 10.7. The Balaban J connectivity index is 2.49. The first-order valence-electron chi connectivity index (χ1n) is 5.82. The highest BCUT2D eigenvalue weighted by molar-refractivity contribution is 5.67. The van der Waals surface area contributed by atoms with E-state index in [0.717, 1.165) is 5.56 Å². The summed E-state index contributed by atoms with van der Waals surface area (Å²) in [5.74, 6) is 0.542. The van der Waals surface area contributed by atoms with Gasteiger partial charge in [-0.3, -0.25) is 10.1 Å². The number of nitrogens with two attached hydrogens (primary N) is 1. The van der Waals surface area contributed by atoms with Crippen LogP contribution in [0.1, 0.15) is 24.2 Å². The highest BCUT2D eigenvalue weighted by atomic mass is 16.6. The average molecular weight is 262 g/mol. The minimum absolute atomic E-state index is 0.0543. The number of aryl methyl sites for hydroxylation is 1. The van der Waals surface area contributed by atoms with E-state index >= 15 is 0 Å². The van der Waals surface area contributed by atoms with Crippen molar-refractivity contribution in [2.75, 3.05) is 6.54 Å². The van der Waals surface area contributed by atoms with Crippen molar-refractivity contribution in [3.8, 4) is 11.5 Å². The second-order valence-corrected chi connectivity index (χ2v) is 4.37. The van der Waals surface area contributed by atoms with Crippen LogP contribution < -0.4 is 5.73 Å². The molecular weight excluding hydrogens is 248 g/mol. The first-order chi connectivity index (χ1) is 9.02. The number of nitro groups is 1. The summed E-state index contributed by atoms with van der Waals surface area (Å²) in [6, 6.07) is 4.75. The molecule has 1 aromatic heterocycles. The molecule has 1 heterocycles. The maximum absolute atomic E-state index is 11.0. The second-order valence-electron chi connectivity index (χ2n) is 4.37. The van der Waals surface area contributed by atoms with Gasteiger partial charge in [-0.15, -0.1) is 0 Å². The van der Waals surface area contributed by atoms with Crippen molar-refractivity contribution < 1.29 is 9.45 Å². The van der Waals surface area contributed by atoms with E-state index in [1.54, 1.807) is 12.1 Å². The molecule has 1 aromatic carbocycles. The molecule has 0 spiro atoms. The first-order valence-corrected chi connectivity index (χ1v) is 5.82. The lowest BCUT2D eigenvalue weighted by Gasteiger charge is -2.00. The van der Waals surface area contributed by atoms with E-state index < -0.39 is 4.92 Å². The summed E-state index contributed by atoms with van der Waals surface area (Å²) in [5.41, 5.74) is 6.68. The van der Waals surface area contributed by atoms with Gasteiger partial charge < -0.3 is 10.3 Å². The lowest BCUT2D eigenvalue weighted by molar-refractivity contribution is -0.384. The molecule has 2 N–H and O–H groups in total. The van der Waals surface area contributed by atoms with Crippen LogP contribution >= 0.6 is 0 Å². The number of nitrogens with zero attached hydrogens (tertiary/aromatic N) is 3. The van der Waals surface area contributed by atoms with E-state index in [9.17, 15) is 10.1 Å². The molecule has 7 heteroatoms. The number of aromatic nitrogens is 2. The lowest BCUT2D eigenvalue weighted by Crippen LogP contribution is -2.10. The molecule has 0 fully saturated rings. The zero-order valence-corrected chi connectivity index (χ0v) is 10.7. The van der Waals surface area contributed by atoms with Crippen molar-refractivity contribution in [1.29, 1.82) is 0 Å². The minimum atomic E-state index is -0.467. The Bertz CT molecular complexity index is 609. The van der Waals surface area contributed by atoms with Crippen LogP contribution in [0, 0.1) is 17.0 Å². The van der Waals surface area contributed by atoms with Crippen LogP contribution in [0.25, 0.3) is 11.5 Å². The fraction of sp³-hybridized carbons (Fsp3) is 0.333. The third kappa shape index (κ3) is 2.60. The minimum Gasteiger partial charge on any atom is -0.334 e. The van der Waals surface area contributed by atoms with Crippen molar-refractivity contribution >= 4 is 5.69 Å². The standard InChI is InChI=1S/C12H14N4O3/c1-7-3-4-10(16(17)18)9(5-7)12-14-11(15-19-12)8(2)6-13/h3-5,8H,6,13H2,1-2H3. The quantitative estimate of drug-likeness (QED) is 0.667. The van der Waals surface area contributed by atoms with Crippen LogP contribution in [0.3, 0.4) is 0 Å². The molecule has 0 bridgehead atoms. The van der Waals surface area contributed by atoms with E-state index in [2.05, 4.69) is 10.1 Å². The Hall–Kier alpha value is -2.28. The molecule has 2 aromatic rings. The van der Waals surface area contributed by atoms with Crippen molar-refractivity contribution in [2.45, 2.75) is 19.8 Å².